The number of rotatable bonds is 4. The number of benzene rings is 1. The monoisotopic (exact) mass is 328 g/mol. The van der Waals surface area contributed by atoms with Crippen LogP contribution in [0.4, 0.5) is 0 Å². The van der Waals surface area contributed by atoms with Crippen molar-refractivity contribution in [2.24, 2.45) is 0 Å². The lowest BCUT2D eigenvalue weighted by Crippen LogP contribution is -2.36. The lowest BCUT2D eigenvalue weighted by Gasteiger charge is -2.15. The topological polar surface area (TPSA) is 98.3 Å². The Bertz CT molecular complexity index is 752. The molecule has 3 N–H and O–H groups in total. The van der Waals surface area contributed by atoms with Crippen molar-refractivity contribution in [3.63, 3.8) is 0 Å². The summed E-state index contributed by atoms with van der Waals surface area (Å²) in [6.07, 6.45) is 3.84. The summed E-state index contributed by atoms with van der Waals surface area (Å²) >= 11 is 0. The molecule has 126 valence electrons. The Kier molecular flexibility index (Phi) is 4.73. The molecule has 0 saturated carbocycles. The number of amides is 1. The fourth-order valence-electron chi connectivity index (χ4n) is 2.98. The molecule has 0 radical (unpaired) electrons. The van der Waals surface area contributed by atoms with Gasteiger partial charge >= 0.3 is 5.69 Å². The standard InChI is InChI=1S/C17H20N4O3/c1-21-9-14(6-15(21)10-22)20-16(23)12-4-2-11(3-5-12)13-7-18-17(24)19-8-13/h2-5,7-8,14-15,22H,6,9-10H2,1H3,(H,20,23)(H,18,19,24)/t14-,15+/m1/s1. The second-order valence-corrected chi connectivity index (χ2v) is 6.07. The van der Waals surface area contributed by atoms with Crippen molar-refractivity contribution in [3.8, 4) is 11.1 Å². The molecule has 1 aliphatic rings. The third-order valence-electron chi connectivity index (χ3n) is 4.39. The van der Waals surface area contributed by atoms with Gasteiger partial charge < -0.3 is 15.4 Å². The zero-order chi connectivity index (χ0) is 17.1. The average molecular weight is 328 g/mol. The van der Waals surface area contributed by atoms with Crippen LogP contribution in [0.5, 0.6) is 0 Å². The van der Waals surface area contributed by atoms with E-state index in [4.69, 9.17) is 0 Å². The predicted octanol–water partition coefficient (Wildman–Crippen LogP) is 0.232. The first-order valence-corrected chi connectivity index (χ1v) is 7.84. The summed E-state index contributed by atoms with van der Waals surface area (Å²) in [4.78, 5) is 31.6. The molecule has 0 aliphatic carbocycles. The summed E-state index contributed by atoms with van der Waals surface area (Å²) < 4.78 is 0. The van der Waals surface area contributed by atoms with Gasteiger partial charge in [-0.1, -0.05) is 12.1 Å². The van der Waals surface area contributed by atoms with E-state index in [1.807, 2.05) is 19.2 Å². The fourth-order valence-corrected chi connectivity index (χ4v) is 2.98. The molecule has 7 nitrogen and oxygen atoms in total. The number of carbonyl (C=O) groups is 1. The van der Waals surface area contributed by atoms with E-state index in [-0.39, 0.29) is 24.6 Å². The Morgan fingerprint density at radius 1 is 1.38 bits per heavy atom. The van der Waals surface area contributed by atoms with Gasteiger partial charge in [-0.15, -0.1) is 0 Å². The first kappa shape index (κ1) is 16.4. The van der Waals surface area contributed by atoms with E-state index in [0.29, 0.717) is 5.56 Å². The van der Waals surface area contributed by atoms with Crippen LogP contribution in [0.1, 0.15) is 16.8 Å². The lowest BCUT2D eigenvalue weighted by molar-refractivity contribution is 0.0938. The summed E-state index contributed by atoms with van der Waals surface area (Å²) in [5.74, 6) is -0.127. The van der Waals surface area contributed by atoms with Gasteiger partial charge in [0.2, 0.25) is 0 Å². The van der Waals surface area contributed by atoms with Crippen LogP contribution in [0.3, 0.4) is 0 Å². The van der Waals surface area contributed by atoms with Crippen molar-refractivity contribution >= 4 is 5.91 Å². The van der Waals surface area contributed by atoms with Crippen LogP contribution in [0.25, 0.3) is 11.1 Å². The van der Waals surface area contributed by atoms with Crippen LogP contribution in [0.15, 0.2) is 41.5 Å². The maximum Gasteiger partial charge on any atom is 0.344 e. The number of nitrogens with one attached hydrogen (secondary N) is 2. The normalized spacial score (nSPS) is 20.9. The van der Waals surface area contributed by atoms with Gasteiger partial charge in [0.1, 0.15) is 0 Å². The first-order chi connectivity index (χ1) is 11.6. The number of hydrogen-bond acceptors (Lipinski definition) is 5. The van der Waals surface area contributed by atoms with E-state index in [1.54, 1.807) is 18.3 Å². The second kappa shape index (κ2) is 6.94. The number of aliphatic hydroxyl groups is 1. The molecule has 1 saturated heterocycles. The third-order valence-corrected chi connectivity index (χ3v) is 4.39. The molecular formula is C17H20N4O3. The Hall–Kier alpha value is -2.51. The minimum absolute atomic E-state index is 0.0442. The Morgan fingerprint density at radius 2 is 2.12 bits per heavy atom. The largest absolute Gasteiger partial charge is 0.395 e. The zero-order valence-corrected chi connectivity index (χ0v) is 13.4. The Labute approximate surface area is 139 Å². The molecule has 2 aromatic rings. The number of aliphatic hydroxyl groups excluding tert-OH is 1. The van der Waals surface area contributed by atoms with Crippen LogP contribution in [-0.4, -0.2) is 58.2 Å². The number of nitrogens with zero attached hydrogens (tertiary/aromatic N) is 2. The first-order valence-electron chi connectivity index (χ1n) is 7.84. The van der Waals surface area contributed by atoms with Gasteiger partial charge in [-0.3, -0.25) is 9.69 Å². The van der Waals surface area contributed by atoms with Gasteiger partial charge in [0.25, 0.3) is 5.91 Å². The Morgan fingerprint density at radius 3 is 2.71 bits per heavy atom. The van der Waals surface area contributed by atoms with Gasteiger partial charge in [-0.05, 0) is 31.2 Å². The highest BCUT2D eigenvalue weighted by molar-refractivity contribution is 5.94. The van der Waals surface area contributed by atoms with Crippen molar-refractivity contribution in [1.29, 1.82) is 0 Å². The van der Waals surface area contributed by atoms with Crippen molar-refractivity contribution in [1.82, 2.24) is 20.2 Å². The number of H-pyrrole nitrogens is 1. The molecule has 1 amide bonds. The summed E-state index contributed by atoms with van der Waals surface area (Å²) in [5.41, 5.74) is 1.84. The van der Waals surface area contributed by atoms with Gasteiger partial charge in [0.05, 0.1) is 6.61 Å². The van der Waals surface area contributed by atoms with Crippen molar-refractivity contribution in [2.45, 2.75) is 18.5 Å². The van der Waals surface area contributed by atoms with Crippen LogP contribution >= 0.6 is 0 Å². The molecule has 7 heteroatoms. The second-order valence-electron chi connectivity index (χ2n) is 6.07. The number of aromatic amines is 1. The van der Waals surface area contributed by atoms with Crippen molar-refractivity contribution in [2.75, 3.05) is 20.2 Å². The van der Waals surface area contributed by atoms with Crippen LogP contribution in [-0.2, 0) is 0 Å². The lowest BCUT2D eigenvalue weighted by atomic mass is 10.1. The van der Waals surface area contributed by atoms with E-state index >= 15 is 0 Å². The van der Waals surface area contributed by atoms with Gasteiger partial charge in [0, 0.05) is 42.1 Å². The van der Waals surface area contributed by atoms with E-state index in [1.165, 1.54) is 6.20 Å². The summed E-state index contributed by atoms with van der Waals surface area (Å²) in [7, 11) is 1.94. The molecule has 1 fully saturated rings. The smallest absolute Gasteiger partial charge is 0.344 e. The molecule has 1 aromatic heterocycles. The number of carbonyl (C=O) groups excluding carboxylic acids is 1. The SMILES string of the molecule is CN1C[C@H](NC(=O)c2ccc(-c3cnc(=O)[nH]c3)cc2)C[C@H]1CO. The van der Waals surface area contributed by atoms with Crippen molar-refractivity contribution < 1.29 is 9.90 Å². The molecule has 0 unspecified atom stereocenters. The minimum atomic E-state index is -0.391. The highest BCUT2D eigenvalue weighted by Crippen LogP contribution is 2.18. The molecule has 1 aliphatic heterocycles. The molecule has 2 atom stereocenters. The molecule has 0 spiro atoms. The Balaban J connectivity index is 1.66. The number of likely N-dealkylation sites (N-methyl/N-ethyl adjacent to an activating group) is 1. The summed E-state index contributed by atoms with van der Waals surface area (Å²) in [5, 5.41) is 12.3. The minimum Gasteiger partial charge on any atom is -0.395 e. The van der Waals surface area contributed by atoms with E-state index < -0.39 is 5.69 Å². The number of hydrogen-bond donors (Lipinski definition) is 3. The van der Waals surface area contributed by atoms with Gasteiger partial charge in [-0.2, -0.15) is 0 Å². The van der Waals surface area contributed by atoms with E-state index in [0.717, 1.165) is 24.1 Å². The fraction of sp³-hybridized carbons (Fsp3) is 0.353. The molecular weight excluding hydrogens is 308 g/mol. The molecule has 24 heavy (non-hydrogen) atoms. The summed E-state index contributed by atoms with van der Waals surface area (Å²) in [6.45, 7) is 0.836. The highest BCUT2D eigenvalue weighted by Gasteiger charge is 2.29. The molecule has 1 aromatic carbocycles. The summed E-state index contributed by atoms with van der Waals surface area (Å²) in [6, 6.07) is 7.28. The van der Waals surface area contributed by atoms with E-state index in [2.05, 4.69) is 20.2 Å². The highest BCUT2D eigenvalue weighted by atomic mass is 16.3. The van der Waals surface area contributed by atoms with Crippen LogP contribution in [0, 0.1) is 0 Å². The number of likely N-dealkylation sites (tertiary alicyclic amines) is 1. The van der Waals surface area contributed by atoms with Gasteiger partial charge in [-0.25, -0.2) is 9.78 Å². The maximum atomic E-state index is 12.3. The average Bonchev–Trinajstić information content (AvgIpc) is 2.95. The van der Waals surface area contributed by atoms with Crippen LogP contribution < -0.4 is 11.0 Å². The number of aromatic nitrogens is 2. The predicted molar refractivity (Wildman–Crippen MR) is 89.7 cm³/mol. The van der Waals surface area contributed by atoms with E-state index in [9.17, 15) is 14.7 Å². The molecule has 3 rings (SSSR count). The molecule has 0 bridgehead atoms. The quantitative estimate of drug-likeness (QED) is 0.746. The third kappa shape index (κ3) is 3.52. The van der Waals surface area contributed by atoms with Gasteiger partial charge in [0.15, 0.2) is 0 Å². The molecule has 2 heterocycles. The maximum absolute atomic E-state index is 12.3. The van der Waals surface area contributed by atoms with Crippen molar-refractivity contribution in [3.05, 3.63) is 52.7 Å². The zero-order valence-electron chi connectivity index (χ0n) is 13.4. The van der Waals surface area contributed by atoms with Crippen LogP contribution in [0.2, 0.25) is 0 Å².